The van der Waals surface area contributed by atoms with Gasteiger partial charge in [-0.3, -0.25) is 0 Å². The minimum Gasteiger partial charge on any atom is -0.464 e. The molecule has 0 saturated carbocycles. The SMILES string of the molecule is CNCc1cc(F)cc(N(C)Cc2ccc(C)o2)c1. The molecule has 0 aliphatic heterocycles. The van der Waals surface area contributed by atoms with Crippen LogP contribution in [0.2, 0.25) is 0 Å². The molecular weight excluding hydrogens is 243 g/mol. The van der Waals surface area contributed by atoms with Crippen molar-refractivity contribution >= 4 is 5.69 Å². The van der Waals surface area contributed by atoms with E-state index in [4.69, 9.17) is 4.42 Å². The highest BCUT2D eigenvalue weighted by Gasteiger charge is 2.08. The summed E-state index contributed by atoms with van der Waals surface area (Å²) < 4.78 is 19.1. The summed E-state index contributed by atoms with van der Waals surface area (Å²) in [5, 5.41) is 3.03. The zero-order valence-electron chi connectivity index (χ0n) is 11.5. The van der Waals surface area contributed by atoms with Gasteiger partial charge in [-0.05, 0) is 49.9 Å². The van der Waals surface area contributed by atoms with Gasteiger partial charge in [-0.15, -0.1) is 0 Å². The topological polar surface area (TPSA) is 28.4 Å². The second-order valence-corrected chi connectivity index (χ2v) is 4.72. The standard InChI is InChI=1S/C15H19FN2O/c1-11-4-5-15(19-11)10-18(3)14-7-12(9-17-2)6-13(16)8-14/h4-8,17H,9-10H2,1-3H3. The van der Waals surface area contributed by atoms with Gasteiger partial charge in [0, 0.05) is 19.3 Å². The Bertz CT molecular complexity index is 551. The lowest BCUT2D eigenvalue weighted by Gasteiger charge is -2.19. The Kier molecular flexibility index (Phi) is 4.22. The van der Waals surface area contributed by atoms with Gasteiger partial charge in [-0.1, -0.05) is 0 Å². The summed E-state index contributed by atoms with van der Waals surface area (Å²) in [6.45, 7) is 3.19. The second-order valence-electron chi connectivity index (χ2n) is 4.72. The van der Waals surface area contributed by atoms with Crippen LogP contribution in [0.15, 0.2) is 34.7 Å². The molecule has 3 nitrogen and oxygen atoms in total. The highest BCUT2D eigenvalue weighted by Crippen LogP contribution is 2.20. The number of aryl methyl sites for hydroxylation is 1. The molecule has 0 bridgehead atoms. The molecule has 1 aromatic heterocycles. The van der Waals surface area contributed by atoms with E-state index < -0.39 is 0 Å². The summed E-state index contributed by atoms with van der Waals surface area (Å²) in [5.74, 6) is 1.54. The van der Waals surface area contributed by atoms with Crippen molar-refractivity contribution in [2.24, 2.45) is 0 Å². The largest absolute Gasteiger partial charge is 0.464 e. The van der Waals surface area contributed by atoms with Crippen molar-refractivity contribution in [2.45, 2.75) is 20.0 Å². The second kappa shape index (κ2) is 5.89. The van der Waals surface area contributed by atoms with Crippen molar-refractivity contribution in [1.82, 2.24) is 5.32 Å². The number of halogens is 1. The summed E-state index contributed by atoms with van der Waals surface area (Å²) in [4.78, 5) is 1.97. The zero-order chi connectivity index (χ0) is 13.8. The predicted molar refractivity (Wildman–Crippen MR) is 74.7 cm³/mol. The molecule has 1 N–H and O–H groups in total. The van der Waals surface area contributed by atoms with E-state index in [-0.39, 0.29) is 5.82 Å². The zero-order valence-corrected chi connectivity index (χ0v) is 11.5. The van der Waals surface area contributed by atoms with Crippen molar-refractivity contribution in [3.05, 3.63) is 53.2 Å². The minimum absolute atomic E-state index is 0.217. The number of furan rings is 1. The van der Waals surface area contributed by atoms with Crippen LogP contribution in [0.5, 0.6) is 0 Å². The molecule has 0 unspecified atom stereocenters. The Morgan fingerprint density at radius 2 is 2.05 bits per heavy atom. The Morgan fingerprint density at radius 1 is 1.26 bits per heavy atom. The van der Waals surface area contributed by atoms with Gasteiger partial charge in [0.15, 0.2) is 0 Å². The van der Waals surface area contributed by atoms with Crippen LogP contribution in [0.25, 0.3) is 0 Å². The van der Waals surface area contributed by atoms with Crippen LogP contribution in [0, 0.1) is 12.7 Å². The molecule has 0 aliphatic rings. The number of anilines is 1. The number of rotatable bonds is 5. The molecule has 0 radical (unpaired) electrons. The van der Waals surface area contributed by atoms with E-state index >= 15 is 0 Å². The van der Waals surface area contributed by atoms with Gasteiger partial charge in [-0.2, -0.15) is 0 Å². The van der Waals surface area contributed by atoms with E-state index in [0.717, 1.165) is 22.8 Å². The Morgan fingerprint density at radius 3 is 2.68 bits per heavy atom. The van der Waals surface area contributed by atoms with Crippen LogP contribution in [0.3, 0.4) is 0 Å². The van der Waals surface area contributed by atoms with Crippen LogP contribution in [0.4, 0.5) is 10.1 Å². The van der Waals surface area contributed by atoms with Crippen molar-refractivity contribution in [1.29, 1.82) is 0 Å². The lowest BCUT2D eigenvalue weighted by molar-refractivity contribution is 0.481. The van der Waals surface area contributed by atoms with E-state index in [1.807, 2.05) is 44.1 Å². The fraction of sp³-hybridized carbons (Fsp3) is 0.333. The lowest BCUT2D eigenvalue weighted by atomic mass is 10.1. The van der Waals surface area contributed by atoms with Gasteiger partial charge in [0.2, 0.25) is 0 Å². The highest BCUT2D eigenvalue weighted by molar-refractivity contribution is 5.48. The van der Waals surface area contributed by atoms with E-state index in [1.165, 1.54) is 6.07 Å². The molecule has 2 rings (SSSR count). The molecule has 4 heteroatoms. The Balaban J connectivity index is 2.15. The van der Waals surface area contributed by atoms with E-state index in [9.17, 15) is 4.39 Å². The van der Waals surface area contributed by atoms with E-state index in [2.05, 4.69) is 5.32 Å². The lowest BCUT2D eigenvalue weighted by Crippen LogP contribution is -2.17. The molecule has 0 fully saturated rings. The maximum Gasteiger partial charge on any atom is 0.125 e. The third-order valence-corrected chi connectivity index (χ3v) is 2.95. The maximum atomic E-state index is 13.6. The molecule has 2 aromatic rings. The molecular formula is C15H19FN2O. The maximum absolute atomic E-state index is 13.6. The average Bonchev–Trinajstić information content (AvgIpc) is 2.74. The Labute approximate surface area is 113 Å². The first-order valence-corrected chi connectivity index (χ1v) is 6.29. The fourth-order valence-electron chi connectivity index (χ4n) is 2.06. The van der Waals surface area contributed by atoms with Crippen LogP contribution in [0.1, 0.15) is 17.1 Å². The van der Waals surface area contributed by atoms with Gasteiger partial charge < -0.3 is 14.6 Å². The molecule has 0 spiro atoms. The van der Waals surface area contributed by atoms with Gasteiger partial charge >= 0.3 is 0 Å². The number of nitrogens with one attached hydrogen (secondary N) is 1. The molecule has 0 saturated heterocycles. The first-order chi connectivity index (χ1) is 9.08. The van der Waals surface area contributed by atoms with Crippen molar-refractivity contribution < 1.29 is 8.81 Å². The molecule has 102 valence electrons. The van der Waals surface area contributed by atoms with Crippen molar-refractivity contribution in [3.63, 3.8) is 0 Å². The monoisotopic (exact) mass is 262 g/mol. The van der Waals surface area contributed by atoms with Crippen molar-refractivity contribution in [3.8, 4) is 0 Å². The molecule has 19 heavy (non-hydrogen) atoms. The van der Waals surface area contributed by atoms with Crippen LogP contribution in [-0.4, -0.2) is 14.1 Å². The van der Waals surface area contributed by atoms with E-state index in [1.54, 1.807) is 6.07 Å². The highest BCUT2D eigenvalue weighted by atomic mass is 19.1. The first-order valence-electron chi connectivity index (χ1n) is 6.29. The summed E-state index contributed by atoms with van der Waals surface area (Å²) >= 11 is 0. The van der Waals surface area contributed by atoms with Crippen LogP contribution < -0.4 is 10.2 Å². The molecule has 1 heterocycles. The molecule has 0 amide bonds. The smallest absolute Gasteiger partial charge is 0.125 e. The third kappa shape index (κ3) is 3.58. The van der Waals surface area contributed by atoms with Crippen molar-refractivity contribution in [2.75, 3.05) is 19.0 Å². The number of hydrogen-bond donors (Lipinski definition) is 1. The number of hydrogen-bond acceptors (Lipinski definition) is 3. The van der Waals surface area contributed by atoms with Crippen LogP contribution in [-0.2, 0) is 13.1 Å². The fourth-order valence-corrected chi connectivity index (χ4v) is 2.06. The Hall–Kier alpha value is -1.81. The van der Waals surface area contributed by atoms with Crippen LogP contribution >= 0.6 is 0 Å². The van der Waals surface area contributed by atoms with Gasteiger partial charge in [0.05, 0.1) is 6.54 Å². The van der Waals surface area contributed by atoms with E-state index in [0.29, 0.717) is 13.1 Å². The number of benzene rings is 1. The summed E-state index contributed by atoms with van der Waals surface area (Å²) in [5.41, 5.74) is 1.78. The van der Waals surface area contributed by atoms with Gasteiger partial charge in [0.1, 0.15) is 17.3 Å². The molecule has 0 aliphatic carbocycles. The first kappa shape index (κ1) is 13.6. The average molecular weight is 262 g/mol. The van der Waals surface area contributed by atoms with Gasteiger partial charge in [0.25, 0.3) is 0 Å². The molecule has 1 aromatic carbocycles. The quantitative estimate of drug-likeness (QED) is 0.897. The third-order valence-electron chi connectivity index (χ3n) is 2.95. The minimum atomic E-state index is -0.217. The summed E-state index contributed by atoms with van der Waals surface area (Å²) in [7, 11) is 3.77. The summed E-state index contributed by atoms with van der Waals surface area (Å²) in [6, 6.07) is 8.94. The number of nitrogens with zero attached hydrogens (tertiary/aromatic N) is 1. The normalized spacial score (nSPS) is 10.7. The predicted octanol–water partition coefficient (Wildman–Crippen LogP) is 3.08. The molecule has 0 atom stereocenters. The summed E-state index contributed by atoms with van der Waals surface area (Å²) in [6.07, 6.45) is 0. The van der Waals surface area contributed by atoms with Gasteiger partial charge in [-0.25, -0.2) is 4.39 Å².